The minimum atomic E-state index is -4.84. The number of carbonyl (C=O) groups excluding carboxylic acids is 2. The maximum absolute atomic E-state index is 12.4. The van der Waals surface area contributed by atoms with Gasteiger partial charge >= 0.3 is 6.36 Å². The van der Waals surface area contributed by atoms with Crippen LogP contribution in [-0.2, 0) is 19.6 Å². The summed E-state index contributed by atoms with van der Waals surface area (Å²) in [6.45, 7) is 2.61. The number of anilines is 2. The molecular weight excluding hydrogens is 427 g/mol. The molecule has 12 heteroatoms. The van der Waals surface area contributed by atoms with Crippen LogP contribution >= 0.6 is 0 Å². The third-order valence-corrected chi connectivity index (χ3v) is 5.12. The first-order valence-corrected chi connectivity index (χ1v) is 9.91. The third kappa shape index (κ3) is 7.04. The Balaban J connectivity index is 1.99. The molecule has 0 bridgehead atoms. The molecule has 8 nitrogen and oxygen atoms in total. The number of amides is 2. The highest BCUT2D eigenvalue weighted by Gasteiger charge is 2.31. The van der Waals surface area contributed by atoms with Gasteiger partial charge in [0, 0.05) is 18.3 Å². The summed E-state index contributed by atoms with van der Waals surface area (Å²) in [4.78, 5) is 23.1. The van der Waals surface area contributed by atoms with Crippen molar-refractivity contribution in [3.8, 4) is 5.75 Å². The van der Waals surface area contributed by atoms with E-state index < -0.39 is 34.1 Å². The molecule has 3 N–H and O–H groups in total. The highest BCUT2D eigenvalue weighted by molar-refractivity contribution is 7.89. The van der Waals surface area contributed by atoms with E-state index in [1.54, 1.807) is 0 Å². The van der Waals surface area contributed by atoms with Crippen LogP contribution in [0.4, 0.5) is 24.5 Å². The first-order valence-electron chi connectivity index (χ1n) is 8.42. The predicted octanol–water partition coefficient (Wildman–Crippen LogP) is 2.85. The van der Waals surface area contributed by atoms with Gasteiger partial charge in [-0.3, -0.25) is 9.59 Å². The number of hydrogen-bond donors (Lipinski definition) is 3. The second-order valence-electron chi connectivity index (χ2n) is 6.11. The molecular formula is C18H18F3N3O5S. The Labute approximate surface area is 170 Å². The van der Waals surface area contributed by atoms with Crippen molar-refractivity contribution in [2.75, 3.05) is 10.6 Å². The fourth-order valence-electron chi connectivity index (χ4n) is 2.27. The molecule has 0 heterocycles. The number of nitrogens with one attached hydrogen (secondary N) is 3. The van der Waals surface area contributed by atoms with Crippen molar-refractivity contribution in [1.29, 1.82) is 0 Å². The van der Waals surface area contributed by atoms with Gasteiger partial charge in [0.15, 0.2) is 0 Å². The minimum Gasteiger partial charge on any atom is -0.406 e. The lowest BCUT2D eigenvalue weighted by molar-refractivity contribution is -0.274. The molecule has 2 amide bonds. The van der Waals surface area contributed by atoms with Crippen LogP contribution in [0, 0.1) is 0 Å². The van der Waals surface area contributed by atoms with Gasteiger partial charge in [0.05, 0.1) is 10.9 Å². The fraction of sp³-hybridized carbons (Fsp3) is 0.222. The van der Waals surface area contributed by atoms with Gasteiger partial charge in [0.25, 0.3) is 0 Å². The molecule has 0 unspecified atom stereocenters. The Bertz CT molecular complexity index is 1010. The molecule has 0 aliphatic rings. The molecule has 0 aliphatic heterocycles. The summed E-state index contributed by atoms with van der Waals surface area (Å²) in [5, 5.41) is 4.88. The quantitative estimate of drug-likeness (QED) is 0.607. The zero-order chi connectivity index (χ0) is 22.5. The largest absolute Gasteiger partial charge is 0.573 e. The molecule has 2 aromatic rings. The highest BCUT2D eigenvalue weighted by Crippen LogP contribution is 2.24. The Kier molecular flexibility index (Phi) is 7.05. The van der Waals surface area contributed by atoms with Crippen LogP contribution in [0.15, 0.2) is 53.4 Å². The number of sulfonamides is 1. The maximum atomic E-state index is 12.4. The fourth-order valence-corrected chi connectivity index (χ4v) is 3.47. The van der Waals surface area contributed by atoms with Gasteiger partial charge in [-0.2, -0.15) is 4.72 Å². The minimum absolute atomic E-state index is 0.120. The van der Waals surface area contributed by atoms with Crippen molar-refractivity contribution in [2.45, 2.75) is 31.1 Å². The summed E-state index contributed by atoms with van der Waals surface area (Å²) in [5.41, 5.74) is 0.561. The van der Waals surface area contributed by atoms with Gasteiger partial charge in [0.2, 0.25) is 21.8 Å². The van der Waals surface area contributed by atoms with Crippen molar-refractivity contribution in [3.63, 3.8) is 0 Å². The van der Waals surface area contributed by atoms with Crippen LogP contribution in [-0.4, -0.2) is 32.6 Å². The smallest absolute Gasteiger partial charge is 0.406 e. The van der Waals surface area contributed by atoms with Gasteiger partial charge in [-0.25, -0.2) is 8.42 Å². The van der Waals surface area contributed by atoms with Gasteiger partial charge in [-0.1, -0.05) is 0 Å². The van der Waals surface area contributed by atoms with Crippen molar-refractivity contribution in [3.05, 3.63) is 48.5 Å². The summed E-state index contributed by atoms with van der Waals surface area (Å²) in [7, 11) is -4.04. The van der Waals surface area contributed by atoms with Gasteiger partial charge in [0.1, 0.15) is 5.75 Å². The molecule has 162 valence electrons. The molecule has 0 spiro atoms. The SMILES string of the molecule is CC(=O)Nc1ccc(S(=O)(=O)N[C@H](C)C(=O)Nc2ccc(OC(F)(F)F)cc2)cc1. The summed E-state index contributed by atoms with van der Waals surface area (Å²) in [6.07, 6.45) is -4.84. The van der Waals surface area contributed by atoms with Crippen molar-refractivity contribution in [2.24, 2.45) is 0 Å². The standard InChI is InChI=1S/C18H18F3N3O5S/c1-11(17(26)23-14-3-7-15(8-4-14)29-18(19,20)21)24-30(27,28)16-9-5-13(6-10-16)22-12(2)25/h3-11,24H,1-2H3,(H,22,25)(H,23,26)/t11-/m1/s1. The molecule has 2 aromatic carbocycles. The topological polar surface area (TPSA) is 114 Å². The van der Waals surface area contributed by atoms with E-state index in [9.17, 15) is 31.2 Å². The Morgan fingerprint density at radius 3 is 1.93 bits per heavy atom. The molecule has 2 rings (SSSR count). The van der Waals surface area contributed by atoms with Crippen LogP contribution in [0.3, 0.4) is 0 Å². The molecule has 1 atom stereocenters. The lowest BCUT2D eigenvalue weighted by Gasteiger charge is -2.15. The highest BCUT2D eigenvalue weighted by atomic mass is 32.2. The first-order chi connectivity index (χ1) is 13.9. The maximum Gasteiger partial charge on any atom is 0.573 e. The van der Waals surface area contributed by atoms with Gasteiger partial charge in [-0.15, -0.1) is 13.2 Å². The number of benzene rings is 2. The average molecular weight is 445 g/mol. The summed E-state index contributed by atoms with van der Waals surface area (Å²) in [6, 6.07) is 8.51. The van der Waals surface area contributed by atoms with E-state index >= 15 is 0 Å². The summed E-state index contributed by atoms with van der Waals surface area (Å²) >= 11 is 0. The van der Waals surface area contributed by atoms with Crippen LogP contribution in [0.2, 0.25) is 0 Å². The zero-order valence-electron chi connectivity index (χ0n) is 15.8. The second kappa shape index (κ2) is 9.13. The number of hydrogen-bond acceptors (Lipinski definition) is 5. The van der Waals surface area contributed by atoms with Crippen molar-refractivity contribution in [1.82, 2.24) is 4.72 Å². The third-order valence-electron chi connectivity index (χ3n) is 3.57. The number of carbonyl (C=O) groups is 2. The first kappa shape index (κ1) is 23.2. The van der Waals surface area contributed by atoms with E-state index in [1.807, 2.05) is 0 Å². The zero-order valence-corrected chi connectivity index (χ0v) is 16.6. The van der Waals surface area contributed by atoms with Crippen LogP contribution < -0.4 is 20.1 Å². The van der Waals surface area contributed by atoms with Crippen LogP contribution in [0.25, 0.3) is 0 Å². The summed E-state index contributed by atoms with van der Waals surface area (Å²) in [5.74, 6) is -1.50. The monoisotopic (exact) mass is 445 g/mol. The molecule has 0 aliphatic carbocycles. The molecule has 0 radical (unpaired) electrons. The Morgan fingerprint density at radius 1 is 0.933 bits per heavy atom. The average Bonchev–Trinajstić information content (AvgIpc) is 2.61. The number of halogens is 3. The van der Waals surface area contributed by atoms with Gasteiger partial charge < -0.3 is 15.4 Å². The number of rotatable bonds is 7. The summed E-state index contributed by atoms with van der Waals surface area (Å²) < 4.78 is 67.2. The van der Waals surface area contributed by atoms with Crippen LogP contribution in [0.5, 0.6) is 5.75 Å². The van der Waals surface area contributed by atoms with E-state index in [1.165, 1.54) is 50.2 Å². The number of alkyl halides is 3. The normalized spacial score (nSPS) is 12.7. The lowest BCUT2D eigenvalue weighted by atomic mass is 10.2. The predicted molar refractivity (Wildman–Crippen MR) is 102 cm³/mol. The van der Waals surface area contributed by atoms with E-state index in [0.29, 0.717) is 5.69 Å². The van der Waals surface area contributed by atoms with E-state index in [4.69, 9.17) is 0 Å². The Morgan fingerprint density at radius 2 is 1.43 bits per heavy atom. The van der Waals surface area contributed by atoms with Crippen molar-refractivity contribution < 1.29 is 35.9 Å². The molecule has 0 saturated heterocycles. The van der Waals surface area contributed by atoms with Crippen LogP contribution in [0.1, 0.15) is 13.8 Å². The van der Waals surface area contributed by atoms with E-state index in [2.05, 4.69) is 20.1 Å². The molecule has 0 aromatic heterocycles. The molecule has 0 fully saturated rings. The number of ether oxygens (including phenoxy) is 1. The Hall–Kier alpha value is -3.12. The second-order valence-corrected chi connectivity index (χ2v) is 7.82. The van der Waals surface area contributed by atoms with E-state index in [0.717, 1.165) is 12.1 Å². The lowest BCUT2D eigenvalue weighted by Crippen LogP contribution is -2.41. The molecule has 30 heavy (non-hydrogen) atoms. The molecule has 0 saturated carbocycles. The van der Waals surface area contributed by atoms with E-state index in [-0.39, 0.29) is 16.5 Å². The van der Waals surface area contributed by atoms with Gasteiger partial charge in [-0.05, 0) is 55.5 Å². The van der Waals surface area contributed by atoms with Crippen molar-refractivity contribution >= 4 is 33.2 Å².